The van der Waals surface area contributed by atoms with Crippen LogP contribution in [0.25, 0.3) is 0 Å². The quantitative estimate of drug-likeness (QED) is 0.508. The van der Waals surface area contributed by atoms with Crippen LogP contribution in [0.4, 0.5) is 0 Å². The normalized spacial score (nSPS) is 10.2. The lowest BCUT2D eigenvalue weighted by atomic mass is 10.4. The van der Waals surface area contributed by atoms with Crippen LogP contribution in [0, 0.1) is 0 Å². The van der Waals surface area contributed by atoms with E-state index in [-0.39, 0.29) is 4.87 Å². The number of ether oxygens (including phenoxy) is 1. The molecular formula is C10H17N3O2S2. The van der Waals surface area contributed by atoms with Crippen LogP contribution in [-0.4, -0.2) is 29.9 Å². The molecule has 1 rings (SSSR count). The summed E-state index contributed by atoms with van der Waals surface area (Å²) in [6.45, 7) is 4.78. The summed E-state index contributed by atoms with van der Waals surface area (Å²) < 4.78 is 5.21. The zero-order valence-electron chi connectivity index (χ0n) is 9.75. The molecular weight excluding hydrogens is 258 g/mol. The summed E-state index contributed by atoms with van der Waals surface area (Å²) >= 11 is 6.24. The van der Waals surface area contributed by atoms with E-state index in [1.54, 1.807) is 5.38 Å². The number of rotatable bonds is 7. The van der Waals surface area contributed by atoms with Gasteiger partial charge in [0, 0.05) is 30.8 Å². The van der Waals surface area contributed by atoms with E-state index in [4.69, 9.17) is 17.0 Å². The smallest absolute Gasteiger partial charge is 0.304 e. The summed E-state index contributed by atoms with van der Waals surface area (Å²) in [6, 6.07) is 0. The molecule has 5 nitrogen and oxygen atoms in total. The van der Waals surface area contributed by atoms with E-state index >= 15 is 0 Å². The SMILES string of the molecule is CCOCCCNC(=S)NCc1csc(=O)[nH]1. The van der Waals surface area contributed by atoms with Crippen molar-refractivity contribution < 1.29 is 4.74 Å². The first-order valence-electron chi connectivity index (χ1n) is 5.48. The minimum atomic E-state index is -0.0441. The summed E-state index contributed by atoms with van der Waals surface area (Å²) in [5.41, 5.74) is 0.846. The molecule has 0 atom stereocenters. The number of thiazole rings is 1. The van der Waals surface area contributed by atoms with Gasteiger partial charge in [-0.05, 0) is 25.6 Å². The van der Waals surface area contributed by atoms with Crippen LogP contribution >= 0.6 is 23.6 Å². The molecule has 0 amide bonds. The lowest BCUT2D eigenvalue weighted by Gasteiger charge is -2.09. The van der Waals surface area contributed by atoms with Gasteiger partial charge >= 0.3 is 4.87 Å². The van der Waals surface area contributed by atoms with Crippen LogP contribution in [0.3, 0.4) is 0 Å². The minimum absolute atomic E-state index is 0.0441. The van der Waals surface area contributed by atoms with E-state index < -0.39 is 0 Å². The van der Waals surface area contributed by atoms with Crippen molar-refractivity contribution in [2.75, 3.05) is 19.8 Å². The van der Waals surface area contributed by atoms with Crippen LogP contribution < -0.4 is 15.5 Å². The Morgan fingerprint density at radius 1 is 1.59 bits per heavy atom. The molecule has 0 spiro atoms. The van der Waals surface area contributed by atoms with Gasteiger partial charge in [-0.3, -0.25) is 4.79 Å². The van der Waals surface area contributed by atoms with Crippen LogP contribution in [0.1, 0.15) is 19.0 Å². The number of thiocarbonyl (C=S) groups is 1. The average molecular weight is 275 g/mol. The maximum absolute atomic E-state index is 10.9. The van der Waals surface area contributed by atoms with E-state index in [0.29, 0.717) is 11.7 Å². The molecule has 17 heavy (non-hydrogen) atoms. The van der Waals surface area contributed by atoms with E-state index in [0.717, 1.165) is 43.2 Å². The van der Waals surface area contributed by atoms with Crippen molar-refractivity contribution in [3.05, 3.63) is 20.7 Å². The van der Waals surface area contributed by atoms with E-state index in [2.05, 4.69) is 15.6 Å². The highest BCUT2D eigenvalue weighted by atomic mass is 32.1. The van der Waals surface area contributed by atoms with Crippen molar-refractivity contribution >= 4 is 28.7 Å². The fourth-order valence-electron chi connectivity index (χ4n) is 1.16. The van der Waals surface area contributed by atoms with E-state index in [1.807, 2.05) is 6.92 Å². The summed E-state index contributed by atoms with van der Waals surface area (Å²) in [4.78, 5) is 13.5. The first kappa shape index (κ1) is 14.1. The second-order valence-electron chi connectivity index (χ2n) is 3.33. The Balaban J connectivity index is 2.07. The molecule has 0 aromatic carbocycles. The van der Waals surface area contributed by atoms with Gasteiger partial charge in [0.05, 0.1) is 6.54 Å². The topological polar surface area (TPSA) is 66.2 Å². The molecule has 0 saturated carbocycles. The molecule has 0 saturated heterocycles. The van der Waals surface area contributed by atoms with Crippen LogP contribution in [0.5, 0.6) is 0 Å². The van der Waals surface area contributed by atoms with Gasteiger partial charge in [-0.25, -0.2) is 0 Å². The second kappa shape index (κ2) is 8.21. The first-order chi connectivity index (χ1) is 8.22. The van der Waals surface area contributed by atoms with E-state index in [9.17, 15) is 4.79 Å². The zero-order chi connectivity index (χ0) is 12.5. The Morgan fingerprint density at radius 2 is 2.41 bits per heavy atom. The summed E-state index contributed by atoms with van der Waals surface area (Å²) in [6.07, 6.45) is 0.922. The Morgan fingerprint density at radius 3 is 3.06 bits per heavy atom. The fourth-order valence-corrected chi connectivity index (χ4v) is 1.91. The predicted molar refractivity (Wildman–Crippen MR) is 73.5 cm³/mol. The molecule has 3 N–H and O–H groups in total. The Bertz CT molecular complexity index is 389. The monoisotopic (exact) mass is 275 g/mol. The Hall–Kier alpha value is -0.920. The fraction of sp³-hybridized carbons (Fsp3) is 0.600. The molecule has 0 fully saturated rings. The third-order valence-electron chi connectivity index (χ3n) is 1.97. The molecule has 1 aromatic heterocycles. The Kier molecular flexibility index (Phi) is 6.83. The highest BCUT2D eigenvalue weighted by molar-refractivity contribution is 7.80. The van der Waals surface area contributed by atoms with Gasteiger partial charge in [0.25, 0.3) is 0 Å². The number of aromatic amines is 1. The summed E-state index contributed by atoms with van der Waals surface area (Å²) in [5, 5.41) is 8.47. The van der Waals surface area contributed by atoms with Crippen molar-refractivity contribution in [3.63, 3.8) is 0 Å². The zero-order valence-corrected chi connectivity index (χ0v) is 11.4. The maximum atomic E-state index is 10.9. The van der Waals surface area contributed by atoms with Crippen molar-refractivity contribution in [1.82, 2.24) is 15.6 Å². The largest absolute Gasteiger partial charge is 0.382 e. The average Bonchev–Trinajstić information content (AvgIpc) is 2.72. The van der Waals surface area contributed by atoms with Crippen molar-refractivity contribution in [2.24, 2.45) is 0 Å². The van der Waals surface area contributed by atoms with Gasteiger partial charge in [0.2, 0.25) is 0 Å². The van der Waals surface area contributed by atoms with Gasteiger partial charge in [-0.15, -0.1) is 0 Å². The first-order valence-corrected chi connectivity index (χ1v) is 6.77. The Labute approximate surface area is 110 Å². The summed E-state index contributed by atoms with van der Waals surface area (Å²) in [5.74, 6) is 0. The minimum Gasteiger partial charge on any atom is -0.382 e. The van der Waals surface area contributed by atoms with Gasteiger partial charge in [0.1, 0.15) is 0 Å². The van der Waals surface area contributed by atoms with Gasteiger partial charge < -0.3 is 20.4 Å². The molecule has 1 aromatic rings. The molecule has 0 aliphatic rings. The molecule has 0 bridgehead atoms. The second-order valence-corrected chi connectivity index (χ2v) is 4.58. The van der Waals surface area contributed by atoms with Crippen LogP contribution in [0.15, 0.2) is 10.2 Å². The lowest BCUT2D eigenvalue weighted by Crippen LogP contribution is -2.35. The molecule has 0 radical (unpaired) electrons. The number of hydrogen-bond donors (Lipinski definition) is 3. The molecule has 7 heteroatoms. The number of H-pyrrole nitrogens is 1. The van der Waals surface area contributed by atoms with Crippen molar-refractivity contribution in [3.8, 4) is 0 Å². The number of nitrogens with one attached hydrogen (secondary N) is 3. The third kappa shape index (κ3) is 6.40. The van der Waals surface area contributed by atoms with Crippen LogP contribution in [0.2, 0.25) is 0 Å². The molecule has 1 heterocycles. The predicted octanol–water partition coefficient (Wildman–Crippen LogP) is 0.827. The van der Waals surface area contributed by atoms with Crippen LogP contribution in [-0.2, 0) is 11.3 Å². The summed E-state index contributed by atoms with van der Waals surface area (Å²) in [7, 11) is 0. The molecule has 96 valence electrons. The molecule has 0 aliphatic carbocycles. The van der Waals surface area contributed by atoms with Crippen molar-refractivity contribution in [2.45, 2.75) is 19.9 Å². The van der Waals surface area contributed by atoms with E-state index in [1.165, 1.54) is 0 Å². The highest BCUT2D eigenvalue weighted by Crippen LogP contribution is 1.94. The third-order valence-corrected chi connectivity index (χ3v) is 2.97. The highest BCUT2D eigenvalue weighted by Gasteiger charge is 1.98. The maximum Gasteiger partial charge on any atom is 0.304 e. The van der Waals surface area contributed by atoms with Gasteiger partial charge in [-0.2, -0.15) is 0 Å². The lowest BCUT2D eigenvalue weighted by molar-refractivity contribution is 0.145. The molecule has 0 aliphatic heterocycles. The van der Waals surface area contributed by atoms with Gasteiger partial charge in [-0.1, -0.05) is 11.3 Å². The number of hydrogen-bond acceptors (Lipinski definition) is 4. The number of aromatic nitrogens is 1. The molecule has 0 unspecified atom stereocenters. The van der Waals surface area contributed by atoms with Gasteiger partial charge in [0.15, 0.2) is 5.11 Å². The standard InChI is InChI=1S/C10H17N3O2S2/c1-2-15-5-3-4-11-9(16)12-6-8-7-17-10(14)13-8/h7H,2-6H2,1H3,(H,13,14)(H2,11,12,16). The van der Waals surface area contributed by atoms with Crippen molar-refractivity contribution in [1.29, 1.82) is 0 Å².